The van der Waals surface area contributed by atoms with E-state index in [2.05, 4.69) is 5.32 Å². The molecular weight excluding hydrogens is 244 g/mol. The molecule has 5 nitrogen and oxygen atoms in total. The number of amides is 2. The minimum absolute atomic E-state index is 0.0331. The van der Waals surface area contributed by atoms with Crippen molar-refractivity contribution in [2.24, 2.45) is 11.8 Å². The van der Waals surface area contributed by atoms with Gasteiger partial charge in [-0.1, -0.05) is 13.8 Å². The Bertz CT molecular complexity index is 351. The van der Waals surface area contributed by atoms with Crippen molar-refractivity contribution in [2.45, 2.75) is 52.7 Å². The van der Waals surface area contributed by atoms with Crippen LogP contribution >= 0.6 is 0 Å². The Morgan fingerprint density at radius 3 is 2.47 bits per heavy atom. The molecule has 1 rings (SSSR count). The standard InChI is InChI=1S/C14H26N2O3/c1-9(2)14(5,19)8-15-13(18)11-6-12(17)16(7-11)10(3)4/h9-11,19H,6-8H2,1-5H3,(H,15,18). The van der Waals surface area contributed by atoms with Gasteiger partial charge in [0, 0.05) is 25.6 Å². The molecule has 2 amide bonds. The Hall–Kier alpha value is -1.10. The predicted molar refractivity (Wildman–Crippen MR) is 73.4 cm³/mol. The quantitative estimate of drug-likeness (QED) is 0.775. The van der Waals surface area contributed by atoms with Crippen molar-refractivity contribution in [3.05, 3.63) is 0 Å². The summed E-state index contributed by atoms with van der Waals surface area (Å²) >= 11 is 0. The van der Waals surface area contributed by atoms with E-state index >= 15 is 0 Å². The van der Waals surface area contributed by atoms with Crippen LogP contribution in [0.5, 0.6) is 0 Å². The number of carbonyl (C=O) groups excluding carboxylic acids is 2. The molecule has 5 heteroatoms. The molecule has 1 aliphatic rings. The number of carbonyl (C=O) groups is 2. The third kappa shape index (κ3) is 3.93. The smallest absolute Gasteiger partial charge is 0.225 e. The van der Waals surface area contributed by atoms with Gasteiger partial charge in [0.15, 0.2) is 0 Å². The number of nitrogens with zero attached hydrogens (tertiary/aromatic N) is 1. The average Bonchev–Trinajstić information content (AvgIpc) is 2.68. The van der Waals surface area contributed by atoms with Crippen LogP contribution < -0.4 is 5.32 Å². The molecule has 1 heterocycles. The van der Waals surface area contributed by atoms with Crippen molar-refractivity contribution >= 4 is 11.8 Å². The van der Waals surface area contributed by atoms with E-state index < -0.39 is 5.60 Å². The molecular formula is C14H26N2O3. The normalized spacial score (nSPS) is 23.1. The van der Waals surface area contributed by atoms with Gasteiger partial charge in [0.25, 0.3) is 0 Å². The molecule has 2 unspecified atom stereocenters. The maximum atomic E-state index is 12.0. The Balaban J connectivity index is 2.50. The Morgan fingerprint density at radius 1 is 1.47 bits per heavy atom. The topological polar surface area (TPSA) is 69.6 Å². The van der Waals surface area contributed by atoms with E-state index in [4.69, 9.17) is 0 Å². The van der Waals surface area contributed by atoms with Gasteiger partial charge in [-0.05, 0) is 26.7 Å². The van der Waals surface area contributed by atoms with Crippen LogP contribution in [0.1, 0.15) is 41.0 Å². The monoisotopic (exact) mass is 270 g/mol. The molecule has 0 aromatic rings. The first-order chi connectivity index (χ1) is 8.65. The van der Waals surface area contributed by atoms with Gasteiger partial charge in [-0.15, -0.1) is 0 Å². The molecule has 19 heavy (non-hydrogen) atoms. The zero-order valence-corrected chi connectivity index (χ0v) is 12.6. The van der Waals surface area contributed by atoms with Crippen LogP contribution in [0, 0.1) is 11.8 Å². The SMILES string of the molecule is CC(C)N1CC(C(=O)NCC(C)(O)C(C)C)CC1=O. The van der Waals surface area contributed by atoms with E-state index in [9.17, 15) is 14.7 Å². The number of likely N-dealkylation sites (tertiary alicyclic amines) is 1. The lowest BCUT2D eigenvalue weighted by molar-refractivity contribution is -0.130. The molecule has 2 N–H and O–H groups in total. The minimum atomic E-state index is -0.921. The third-order valence-electron chi connectivity index (χ3n) is 4.02. The summed E-state index contributed by atoms with van der Waals surface area (Å²) in [6.07, 6.45) is 0.272. The molecule has 1 fully saturated rings. The van der Waals surface area contributed by atoms with Crippen molar-refractivity contribution in [3.63, 3.8) is 0 Å². The molecule has 0 aliphatic carbocycles. The maximum absolute atomic E-state index is 12.0. The minimum Gasteiger partial charge on any atom is -0.388 e. The summed E-state index contributed by atoms with van der Waals surface area (Å²) < 4.78 is 0. The van der Waals surface area contributed by atoms with Gasteiger partial charge >= 0.3 is 0 Å². The van der Waals surface area contributed by atoms with E-state index in [0.717, 1.165) is 0 Å². The predicted octanol–water partition coefficient (Wildman–Crippen LogP) is 0.766. The van der Waals surface area contributed by atoms with Crippen LogP contribution in [0.25, 0.3) is 0 Å². The van der Waals surface area contributed by atoms with Gasteiger partial charge in [0.1, 0.15) is 0 Å². The molecule has 110 valence electrons. The third-order valence-corrected chi connectivity index (χ3v) is 4.02. The second-order valence-corrected chi connectivity index (χ2v) is 6.27. The first-order valence-electron chi connectivity index (χ1n) is 6.94. The second kappa shape index (κ2) is 5.90. The number of hydrogen-bond donors (Lipinski definition) is 2. The Morgan fingerprint density at radius 2 is 2.05 bits per heavy atom. The van der Waals surface area contributed by atoms with E-state index in [0.29, 0.717) is 6.54 Å². The second-order valence-electron chi connectivity index (χ2n) is 6.27. The lowest BCUT2D eigenvalue weighted by Crippen LogP contribution is -2.46. The van der Waals surface area contributed by atoms with Gasteiger partial charge in [0.05, 0.1) is 11.5 Å². The molecule has 1 aliphatic heterocycles. The lowest BCUT2D eigenvalue weighted by Gasteiger charge is -2.28. The van der Waals surface area contributed by atoms with E-state index in [-0.39, 0.29) is 42.7 Å². The van der Waals surface area contributed by atoms with E-state index in [1.807, 2.05) is 27.7 Å². The van der Waals surface area contributed by atoms with Crippen LogP contribution in [-0.4, -0.2) is 46.6 Å². The highest BCUT2D eigenvalue weighted by Gasteiger charge is 2.36. The van der Waals surface area contributed by atoms with Crippen molar-refractivity contribution < 1.29 is 14.7 Å². The lowest BCUT2D eigenvalue weighted by atomic mass is 9.92. The molecule has 0 aromatic heterocycles. The highest BCUT2D eigenvalue weighted by Crippen LogP contribution is 2.21. The Kier molecular flexibility index (Phi) is 4.96. The fourth-order valence-corrected chi connectivity index (χ4v) is 2.02. The van der Waals surface area contributed by atoms with Crippen LogP contribution in [0.3, 0.4) is 0 Å². The molecule has 2 atom stereocenters. The van der Waals surface area contributed by atoms with Crippen LogP contribution in [-0.2, 0) is 9.59 Å². The summed E-state index contributed by atoms with van der Waals surface area (Å²) in [5.41, 5.74) is -0.921. The summed E-state index contributed by atoms with van der Waals surface area (Å²) in [6.45, 7) is 10.1. The fourth-order valence-electron chi connectivity index (χ4n) is 2.02. The van der Waals surface area contributed by atoms with E-state index in [1.165, 1.54) is 0 Å². The number of aliphatic hydroxyl groups is 1. The summed E-state index contributed by atoms with van der Waals surface area (Å²) in [5, 5.41) is 12.8. The highest BCUT2D eigenvalue weighted by molar-refractivity contribution is 5.89. The molecule has 0 aromatic carbocycles. The zero-order valence-electron chi connectivity index (χ0n) is 12.6. The van der Waals surface area contributed by atoms with Gasteiger partial charge in [0.2, 0.25) is 11.8 Å². The first-order valence-corrected chi connectivity index (χ1v) is 6.94. The van der Waals surface area contributed by atoms with Crippen molar-refractivity contribution in [3.8, 4) is 0 Å². The molecule has 0 spiro atoms. The van der Waals surface area contributed by atoms with Crippen molar-refractivity contribution in [2.75, 3.05) is 13.1 Å². The van der Waals surface area contributed by atoms with Crippen LogP contribution in [0.15, 0.2) is 0 Å². The van der Waals surface area contributed by atoms with Gasteiger partial charge in [-0.25, -0.2) is 0 Å². The molecule has 1 saturated heterocycles. The zero-order chi connectivity index (χ0) is 14.8. The maximum Gasteiger partial charge on any atom is 0.225 e. The highest BCUT2D eigenvalue weighted by atomic mass is 16.3. The summed E-state index contributed by atoms with van der Waals surface area (Å²) in [7, 11) is 0. The van der Waals surface area contributed by atoms with Crippen LogP contribution in [0.4, 0.5) is 0 Å². The largest absolute Gasteiger partial charge is 0.388 e. The van der Waals surface area contributed by atoms with Gasteiger partial charge in [-0.2, -0.15) is 0 Å². The van der Waals surface area contributed by atoms with E-state index in [1.54, 1.807) is 11.8 Å². The number of rotatable bonds is 5. The summed E-state index contributed by atoms with van der Waals surface area (Å²) in [5.74, 6) is -0.341. The average molecular weight is 270 g/mol. The van der Waals surface area contributed by atoms with Crippen molar-refractivity contribution in [1.82, 2.24) is 10.2 Å². The molecule has 0 saturated carbocycles. The summed E-state index contributed by atoms with van der Waals surface area (Å²) in [4.78, 5) is 25.5. The summed E-state index contributed by atoms with van der Waals surface area (Å²) in [6, 6.07) is 0.129. The van der Waals surface area contributed by atoms with Gasteiger partial charge in [-0.3, -0.25) is 9.59 Å². The fraction of sp³-hybridized carbons (Fsp3) is 0.857. The Labute approximate surface area is 115 Å². The number of nitrogens with one attached hydrogen (secondary N) is 1. The van der Waals surface area contributed by atoms with Crippen molar-refractivity contribution in [1.29, 1.82) is 0 Å². The number of hydrogen-bond acceptors (Lipinski definition) is 3. The van der Waals surface area contributed by atoms with Gasteiger partial charge < -0.3 is 15.3 Å². The molecule has 0 bridgehead atoms. The van der Waals surface area contributed by atoms with Crippen LogP contribution in [0.2, 0.25) is 0 Å². The molecule has 0 radical (unpaired) electrons. The first kappa shape index (κ1) is 16.0.